The van der Waals surface area contributed by atoms with Crippen molar-refractivity contribution < 1.29 is 0 Å². The Morgan fingerprint density at radius 2 is 2.36 bits per heavy atom. The highest BCUT2D eigenvalue weighted by molar-refractivity contribution is 7.13. The first kappa shape index (κ1) is 17.5. The van der Waals surface area contributed by atoms with Gasteiger partial charge in [-0.05, 0) is 43.9 Å². The van der Waals surface area contributed by atoms with Gasteiger partial charge in [-0.25, -0.2) is 4.98 Å². The molecule has 0 radical (unpaired) electrons. The van der Waals surface area contributed by atoms with E-state index in [1.54, 1.807) is 11.3 Å². The highest BCUT2D eigenvalue weighted by Crippen LogP contribution is 2.31. The number of allylic oxidation sites excluding steroid dienone is 7. The molecule has 2 aliphatic rings. The number of hydrogen-bond donors (Lipinski definition) is 1. The lowest BCUT2D eigenvalue weighted by Gasteiger charge is -2.25. The summed E-state index contributed by atoms with van der Waals surface area (Å²) in [6, 6.07) is 0. The van der Waals surface area contributed by atoms with E-state index in [9.17, 15) is 0 Å². The van der Waals surface area contributed by atoms with E-state index < -0.39 is 0 Å². The molecule has 1 unspecified atom stereocenters. The summed E-state index contributed by atoms with van der Waals surface area (Å²) in [6.07, 6.45) is 14.5. The van der Waals surface area contributed by atoms with Gasteiger partial charge in [-0.1, -0.05) is 25.2 Å². The fraction of sp³-hybridized carbons (Fsp3) is 0.350. The summed E-state index contributed by atoms with van der Waals surface area (Å²) in [5, 5.41) is 6.38. The molecule has 0 aromatic carbocycles. The first-order valence-electron chi connectivity index (χ1n) is 8.72. The number of fused-ring (bicyclic) bond motifs is 1. The molecule has 3 rings (SSSR count). The highest BCUT2D eigenvalue weighted by atomic mass is 32.1. The van der Waals surface area contributed by atoms with Crippen LogP contribution in [-0.4, -0.2) is 23.5 Å². The average molecular weight is 353 g/mol. The van der Waals surface area contributed by atoms with Gasteiger partial charge >= 0.3 is 0 Å². The maximum atomic E-state index is 4.76. The van der Waals surface area contributed by atoms with Crippen molar-refractivity contribution in [3.05, 3.63) is 58.4 Å². The fourth-order valence-corrected chi connectivity index (χ4v) is 3.59. The zero-order valence-corrected chi connectivity index (χ0v) is 15.8. The van der Waals surface area contributed by atoms with E-state index in [2.05, 4.69) is 53.4 Å². The zero-order valence-electron chi connectivity index (χ0n) is 15.0. The van der Waals surface area contributed by atoms with Gasteiger partial charge in [0.25, 0.3) is 0 Å². The third kappa shape index (κ3) is 4.23. The molecule has 0 amide bonds. The summed E-state index contributed by atoms with van der Waals surface area (Å²) in [5.41, 5.74) is 5.57. The second-order valence-corrected chi connectivity index (χ2v) is 7.00. The summed E-state index contributed by atoms with van der Waals surface area (Å²) in [7, 11) is 0. The topological polar surface area (TPSA) is 49.6 Å². The number of aliphatic imine (C=N–C) groups is 2. The minimum atomic E-state index is 0.295. The summed E-state index contributed by atoms with van der Waals surface area (Å²) in [4.78, 5) is 13.7. The molecule has 0 saturated heterocycles. The van der Waals surface area contributed by atoms with Crippen molar-refractivity contribution in [1.82, 2.24) is 4.98 Å². The van der Waals surface area contributed by atoms with Crippen LogP contribution < -0.4 is 5.32 Å². The number of nitrogens with zero attached hydrogens (tertiary/aromatic N) is 3. The van der Waals surface area contributed by atoms with Gasteiger partial charge in [-0.3, -0.25) is 9.98 Å². The average Bonchev–Trinajstić information content (AvgIpc) is 3.03. The predicted octanol–water partition coefficient (Wildman–Crippen LogP) is 5.09. The van der Waals surface area contributed by atoms with E-state index in [4.69, 9.17) is 4.99 Å². The number of anilines is 1. The molecule has 130 valence electrons. The van der Waals surface area contributed by atoms with Crippen molar-refractivity contribution in [3.63, 3.8) is 0 Å². The minimum absolute atomic E-state index is 0.295. The SMILES string of the molecule is C/C=C(\C=NCCC)C1=CN=C2C(Nc3nc(C)cs3)=CC=CC2C1. The van der Waals surface area contributed by atoms with Gasteiger partial charge in [0.1, 0.15) is 0 Å². The van der Waals surface area contributed by atoms with Crippen LogP contribution in [0.15, 0.2) is 62.7 Å². The van der Waals surface area contributed by atoms with E-state index in [1.165, 1.54) is 11.1 Å². The number of thiazole rings is 1. The van der Waals surface area contributed by atoms with Crippen LogP contribution >= 0.6 is 11.3 Å². The highest BCUT2D eigenvalue weighted by Gasteiger charge is 2.25. The first-order chi connectivity index (χ1) is 12.2. The zero-order chi connectivity index (χ0) is 17.6. The van der Waals surface area contributed by atoms with Crippen molar-refractivity contribution in [2.75, 3.05) is 11.9 Å². The third-order valence-electron chi connectivity index (χ3n) is 4.16. The largest absolute Gasteiger partial charge is 0.330 e. The number of aryl methyl sites for hydroxylation is 1. The van der Waals surface area contributed by atoms with Crippen LogP contribution in [0, 0.1) is 12.8 Å². The Morgan fingerprint density at radius 3 is 3.08 bits per heavy atom. The van der Waals surface area contributed by atoms with E-state index in [0.29, 0.717) is 5.92 Å². The standard InChI is InChI=1S/C20H24N4S/c1-4-9-21-11-15(5-2)17-10-16-7-6-8-18(19(16)22-12-17)24-20-23-14(3)13-25-20/h5-8,11-13,16H,4,9-10H2,1-3H3,(H,23,24)/b15-5+,21-11?. The summed E-state index contributed by atoms with van der Waals surface area (Å²) in [5.74, 6) is 0.295. The molecule has 1 aromatic heterocycles. The lowest BCUT2D eigenvalue weighted by molar-refractivity contribution is 0.822. The molecule has 1 N–H and O–H groups in total. The van der Waals surface area contributed by atoms with Crippen molar-refractivity contribution in [1.29, 1.82) is 0 Å². The number of rotatable bonds is 6. The van der Waals surface area contributed by atoms with Gasteiger partial charge < -0.3 is 5.32 Å². The Bertz CT molecular complexity index is 805. The number of aromatic nitrogens is 1. The normalized spacial score (nSPS) is 20.2. The lowest BCUT2D eigenvalue weighted by Crippen LogP contribution is -2.25. The monoisotopic (exact) mass is 352 g/mol. The maximum absolute atomic E-state index is 4.76. The second-order valence-electron chi connectivity index (χ2n) is 6.14. The van der Waals surface area contributed by atoms with Crippen LogP contribution in [0.4, 0.5) is 5.13 Å². The van der Waals surface area contributed by atoms with Gasteiger partial charge in [-0.15, -0.1) is 11.3 Å². The third-order valence-corrected chi connectivity index (χ3v) is 5.03. The summed E-state index contributed by atoms with van der Waals surface area (Å²) >= 11 is 1.62. The van der Waals surface area contributed by atoms with E-state index in [-0.39, 0.29) is 0 Å². The van der Waals surface area contributed by atoms with E-state index in [1.807, 2.05) is 24.7 Å². The molecule has 0 spiro atoms. The fourth-order valence-electron chi connectivity index (χ4n) is 2.89. The molecule has 0 saturated carbocycles. The van der Waals surface area contributed by atoms with Crippen LogP contribution in [0.5, 0.6) is 0 Å². The molecule has 1 aliphatic carbocycles. The van der Waals surface area contributed by atoms with Crippen LogP contribution in [-0.2, 0) is 0 Å². The molecule has 4 nitrogen and oxygen atoms in total. The molecule has 25 heavy (non-hydrogen) atoms. The molecule has 0 fully saturated rings. The van der Waals surface area contributed by atoms with Gasteiger partial charge in [0.05, 0.1) is 17.1 Å². The Kier molecular flexibility index (Phi) is 5.76. The molecule has 5 heteroatoms. The molecule has 0 bridgehead atoms. The van der Waals surface area contributed by atoms with Gasteiger partial charge in [0.2, 0.25) is 0 Å². The predicted molar refractivity (Wildman–Crippen MR) is 109 cm³/mol. The number of nitrogens with one attached hydrogen (secondary N) is 1. The van der Waals surface area contributed by atoms with Crippen molar-refractivity contribution in [3.8, 4) is 0 Å². The van der Waals surface area contributed by atoms with E-state index >= 15 is 0 Å². The van der Waals surface area contributed by atoms with Crippen molar-refractivity contribution >= 4 is 28.4 Å². The quantitative estimate of drug-likeness (QED) is 0.725. The van der Waals surface area contributed by atoms with Crippen molar-refractivity contribution in [2.24, 2.45) is 15.9 Å². The van der Waals surface area contributed by atoms with Crippen molar-refractivity contribution in [2.45, 2.75) is 33.6 Å². The Labute approximate surface area is 153 Å². The Morgan fingerprint density at radius 1 is 1.48 bits per heavy atom. The summed E-state index contributed by atoms with van der Waals surface area (Å²) < 4.78 is 0. The molecule has 1 atom stereocenters. The van der Waals surface area contributed by atoms with Gasteiger partial charge in [-0.2, -0.15) is 0 Å². The number of hydrogen-bond acceptors (Lipinski definition) is 5. The van der Waals surface area contributed by atoms with Gasteiger partial charge in [0.15, 0.2) is 5.13 Å². The first-order valence-corrected chi connectivity index (χ1v) is 9.60. The second kappa shape index (κ2) is 8.21. The van der Waals surface area contributed by atoms with Gasteiger partial charge in [0, 0.05) is 30.3 Å². The Balaban J connectivity index is 1.80. The molecule has 2 heterocycles. The van der Waals surface area contributed by atoms with Crippen LogP contribution in [0.2, 0.25) is 0 Å². The Hall–Kier alpha value is -2.27. The maximum Gasteiger partial charge on any atom is 0.187 e. The van der Waals surface area contributed by atoms with Crippen LogP contribution in [0.25, 0.3) is 0 Å². The van der Waals surface area contributed by atoms with Crippen LogP contribution in [0.3, 0.4) is 0 Å². The minimum Gasteiger partial charge on any atom is -0.330 e. The molecular weight excluding hydrogens is 328 g/mol. The smallest absolute Gasteiger partial charge is 0.187 e. The lowest BCUT2D eigenvalue weighted by atomic mass is 9.85. The molecular formula is C20H24N4S. The molecule has 1 aliphatic heterocycles. The van der Waals surface area contributed by atoms with Crippen LogP contribution in [0.1, 0.15) is 32.4 Å². The summed E-state index contributed by atoms with van der Waals surface area (Å²) in [6.45, 7) is 7.07. The molecule has 1 aromatic rings. The van der Waals surface area contributed by atoms with E-state index in [0.717, 1.165) is 41.6 Å².